The fraction of sp³-hybridized carbons (Fsp3) is 0.0476. The number of hydrogen-bond acceptors (Lipinski definition) is 1. The van der Waals surface area contributed by atoms with Crippen LogP contribution in [0.25, 0.3) is 83.1 Å². The van der Waals surface area contributed by atoms with Crippen molar-refractivity contribution in [1.82, 2.24) is 4.57 Å². The van der Waals surface area contributed by atoms with Crippen LogP contribution in [0.4, 0.5) is 17.1 Å². The largest absolute Gasteiger partial charge is 0.310 e. The molecule has 2 heteroatoms. The Bertz CT molecular complexity index is 3540. The number of benzene rings is 10. The molecule has 0 aliphatic heterocycles. The van der Waals surface area contributed by atoms with E-state index in [0.29, 0.717) is 0 Å². The number of hydrogen-bond donors (Lipinski definition) is 0. The van der Waals surface area contributed by atoms with Crippen molar-refractivity contribution in [1.29, 1.82) is 0 Å². The van der Waals surface area contributed by atoms with Crippen molar-refractivity contribution in [3.05, 3.63) is 254 Å². The average molecular weight is 831 g/mol. The van der Waals surface area contributed by atoms with Crippen LogP contribution in [0.5, 0.6) is 0 Å². The van der Waals surface area contributed by atoms with Gasteiger partial charge in [0.05, 0.1) is 16.7 Å². The lowest BCUT2D eigenvalue weighted by atomic mass is 9.82. The van der Waals surface area contributed by atoms with Gasteiger partial charge in [-0.1, -0.05) is 202 Å². The zero-order valence-corrected chi connectivity index (χ0v) is 36.5. The van der Waals surface area contributed by atoms with E-state index >= 15 is 0 Å². The van der Waals surface area contributed by atoms with Crippen LogP contribution >= 0.6 is 0 Å². The normalized spacial score (nSPS) is 12.6. The van der Waals surface area contributed by atoms with Crippen molar-refractivity contribution in [2.24, 2.45) is 0 Å². The first-order valence-corrected chi connectivity index (χ1v) is 22.6. The van der Waals surface area contributed by atoms with Gasteiger partial charge in [-0.15, -0.1) is 0 Å². The van der Waals surface area contributed by atoms with E-state index in [1.807, 2.05) is 0 Å². The lowest BCUT2D eigenvalue weighted by molar-refractivity contribution is 0.660. The minimum Gasteiger partial charge on any atom is -0.310 e. The molecule has 0 N–H and O–H groups in total. The van der Waals surface area contributed by atoms with Crippen LogP contribution in [-0.2, 0) is 5.41 Å². The van der Waals surface area contributed by atoms with Crippen LogP contribution in [0.1, 0.15) is 25.0 Å². The van der Waals surface area contributed by atoms with Crippen molar-refractivity contribution in [2.45, 2.75) is 19.3 Å². The molecule has 0 fully saturated rings. The summed E-state index contributed by atoms with van der Waals surface area (Å²) in [7, 11) is 0. The molecule has 0 unspecified atom stereocenters. The van der Waals surface area contributed by atoms with Gasteiger partial charge in [-0.25, -0.2) is 0 Å². The van der Waals surface area contributed by atoms with E-state index in [0.717, 1.165) is 28.3 Å². The molecule has 0 saturated heterocycles. The monoisotopic (exact) mass is 830 g/mol. The van der Waals surface area contributed by atoms with Crippen molar-refractivity contribution in [3.8, 4) is 61.3 Å². The molecule has 0 spiro atoms. The fourth-order valence-electron chi connectivity index (χ4n) is 10.4. The Balaban J connectivity index is 1.01. The van der Waals surface area contributed by atoms with Crippen molar-refractivity contribution in [2.75, 3.05) is 4.90 Å². The third-order valence-electron chi connectivity index (χ3n) is 13.6. The average Bonchev–Trinajstić information content (AvgIpc) is 3.83. The van der Waals surface area contributed by atoms with Crippen molar-refractivity contribution < 1.29 is 0 Å². The minimum absolute atomic E-state index is 0.104. The highest BCUT2D eigenvalue weighted by atomic mass is 15.1. The Kier molecular flexibility index (Phi) is 9.21. The van der Waals surface area contributed by atoms with Crippen LogP contribution in [0.2, 0.25) is 0 Å². The SMILES string of the molecule is CC1(C)c2ccccc2-c2c(-c3ccccc3N(c3ccc(-c4ccc(-c5ccccc5)cc4)cc3)c3cccc(-c4ccc5c6ccccc6n(-c6ccccc6)c5c4)c3)cccc21. The van der Waals surface area contributed by atoms with E-state index in [1.54, 1.807) is 0 Å². The summed E-state index contributed by atoms with van der Waals surface area (Å²) >= 11 is 0. The number of fused-ring (bicyclic) bond motifs is 6. The molecule has 2 nitrogen and oxygen atoms in total. The summed E-state index contributed by atoms with van der Waals surface area (Å²) in [6, 6.07) is 88.8. The lowest BCUT2D eigenvalue weighted by Crippen LogP contribution is -2.14. The molecule has 1 aromatic heterocycles. The molecular formula is C63H46N2. The molecule has 11 aromatic rings. The molecule has 65 heavy (non-hydrogen) atoms. The van der Waals surface area contributed by atoms with Crippen LogP contribution < -0.4 is 4.90 Å². The van der Waals surface area contributed by atoms with Crippen LogP contribution in [0.3, 0.4) is 0 Å². The highest BCUT2D eigenvalue weighted by Gasteiger charge is 2.37. The molecule has 1 heterocycles. The number of nitrogens with zero attached hydrogens (tertiary/aromatic N) is 2. The summed E-state index contributed by atoms with van der Waals surface area (Å²) in [5.41, 5.74) is 21.7. The second kappa shape index (κ2) is 15.6. The van der Waals surface area contributed by atoms with Crippen molar-refractivity contribution >= 4 is 38.9 Å². The van der Waals surface area contributed by atoms with Gasteiger partial charge in [-0.05, 0) is 116 Å². The van der Waals surface area contributed by atoms with Gasteiger partial charge in [0, 0.05) is 38.8 Å². The Morgan fingerprint density at radius 2 is 0.862 bits per heavy atom. The van der Waals surface area contributed by atoms with Gasteiger partial charge in [0.15, 0.2) is 0 Å². The third kappa shape index (κ3) is 6.49. The van der Waals surface area contributed by atoms with Gasteiger partial charge in [-0.3, -0.25) is 0 Å². The molecule has 10 aromatic carbocycles. The Hall–Kier alpha value is -8.20. The summed E-state index contributed by atoms with van der Waals surface area (Å²) in [5, 5.41) is 2.50. The third-order valence-corrected chi connectivity index (χ3v) is 13.6. The number of rotatable bonds is 8. The van der Waals surface area contributed by atoms with E-state index in [-0.39, 0.29) is 5.41 Å². The molecule has 0 amide bonds. The van der Waals surface area contributed by atoms with E-state index in [1.165, 1.54) is 83.0 Å². The molecule has 1 aliphatic rings. The fourth-order valence-corrected chi connectivity index (χ4v) is 10.4. The molecule has 1 aliphatic carbocycles. The summed E-state index contributed by atoms with van der Waals surface area (Å²) in [5.74, 6) is 0. The molecule has 308 valence electrons. The van der Waals surface area contributed by atoms with Gasteiger partial charge in [0.25, 0.3) is 0 Å². The van der Waals surface area contributed by atoms with E-state index < -0.39 is 0 Å². The molecule has 0 bridgehead atoms. The molecular weight excluding hydrogens is 785 g/mol. The first-order valence-electron chi connectivity index (χ1n) is 22.6. The standard InChI is InChI=1S/C63H46N2/c1-63(2)57-27-12-9-25-56(57)62-55(26-16-28-58(62)63)53-24-11-13-29-59(53)64(50-38-35-46(36-39-50)45-33-31-44(32-34-45)43-17-5-3-6-18-43)51-22-15-19-47(41-51)48-37-40-54-52-23-10-14-30-60(52)65(61(54)42-48)49-20-7-4-8-21-49/h3-42H,1-2H3. The number of anilines is 3. The maximum Gasteiger partial charge on any atom is 0.0547 e. The van der Waals surface area contributed by atoms with Gasteiger partial charge >= 0.3 is 0 Å². The molecule has 12 rings (SSSR count). The topological polar surface area (TPSA) is 8.17 Å². The van der Waals surface area contributed by atoms with Gasteiger partial charge in [0.2, 0.25) is 0 Å². The highest BCUT2D eigenvalue weighted by Crippen LogP contribution is 2.54. The van der Waals surface area contributed by atoms with E-state index in [9.17, 15) is 0 Å². The Morgan fingerprint density at radius 3 is 1.63 bits per heavy atom. The predicted molar refractivity (Wildman–Crippen MR) is 275 cm³/mol. The maximum atomic E-state index is 2.45. The zero-order valence-electron chi connectivity index (χ0n) is 36.5. The summed E-state index contributed by atoms with van der Waals surface area (Å²) in [6.07, 6.45) is 0. The Morgan fingerprint density at radius 1 is 0.338 bits per heavy atom. The molecule has 0 saturated carbocycles. The Labute approximate surface area is 381 Å². The second-order valence-electron chi connectivity index (χ2n) is 17.7. The van der Waals surface area contributed by atoms with Crippen LogP contribution in [-0.4, -0.2) is 4.57 Å². The zero-order chi connectivity index (χ0) is 43.5. The quantitative estimate of drug-likeness (QED) is 0.148. The highest BCUT2D eigenvalue weighted by molar-refractivity contribution is 6.10. The lowest BCUT2D eigenvalue weighted by Gasteiger charge is -2.29. The van der Waals surface area contributed by atoms with Crippen LogP contribution in [0, 0.1) is 0 Å². The predicted octanol–water partition coefficient (Wildman–Crippen LogP) is 17.2. The molecule has 0 radical (unpaired) electrons. The molecule has 0 atom stereocenters. The first-order chi connectivity index (χ1) is 32.0. The van der Waals surface area contributed by atoms with Gasteiger partial charge in [0.1, 0.15) is 0 Å². The van der Waals surface area contributed by atoms with Crippen molar-refractivity contribution in [3.63, 3.8) is 0 Å². The smallest absolute Gasteiger partial charge is 0.0547 e. The maximum absolute atomic E-state index is 2.45. The first kappa shape index (κ1) is 38.5. The van der Waals surface area contributed by atoms with E-state index in [4.69, 9.17) is 0 Å². The van der Waals surface area contributed by atoms with Gasteiger partial charge < -0.3 is 9.47 Å². The summed E-state index contributed by atoms with van der Waals surface area (Å²) in [4.78, 5) is 2.45. The summed E-state index contributed by atoms with van der Waals surface area (Å²) in [6.45, 7) is 4.72. The number of para-hydroxylation sites is 3. The minimum atomic E-state index is -0.104. The second-order valence-corrected chi connectivity index (χ2v) is 17.7. The van der Waals surface area contributed by atoms with Crippen LogP contribution in [0.15, 0.2) is 243 Å². The summed E-state index contributed by atoms with van der Waals surface area (Å²) < 4.78 is 2.40. The number of aromatic nitrogens is 1. The van der Waals surface area contributed by atoms with Gasteiger partial charge in [-0.2, -0.15) is 0 Å². The van der Waals surface area contributed by atoms with E-state index in [2.05, 4.69) is 266 Å².